The summed E-state index contributed by atoms with van der Waals surface area (Å²) in [7, 11) is 1.13. The molecule has 0 aliphatic carbocycles. The van der Waals surface area contributed by atoms with E-state index in [1.165, 1.54) is 23.6 Å². The Balaban J connectivity index is 1.97. The number of rotatable bonds is 7. The fraction of sp³-hybridized carbons (Fsp3) is 0.750. The maximum Gasteiger partial charge on any atom is 0.336 e. The average Bonchev–Trinajstić information content (AvgIpc) is 3.41. The Hall–Kier alpha value is -2.69. The normalized spacial score (nSPS) is 23.6. The van der Waals surface area contributed by atoms with Gasteiger partial charge in [0.2, 0.25) is 23.6 Å². The molecule has 2 unspecified atom stereocenters. The van der Waals surface area contributed by atoms with Crippen molar-refractivity contribution in [3.63, 3.8) is 0 Å². The lowest BCUT2D eigenvalue weighted by molar-refractivity contribution is -0.152. The third-order valence-corrected chi connectivity index (χ3v) is 5.81. The summed E-state index contributed by atoms with van der Waals surface area (Å²) in [6.07, 6.45) is 0.790. The van der Waals surface area contributed by atoms with Crippen LogP contribution in [0.15, 0.2) is 0 Å². The molecule has 0 aromatic heterocycles. The zero-order chi connectivity index (χ0) is 23.3. The van der Waals surface area contributed by atoms with Gasteiger partial charge < -0.3 is 30.3 Å². The molecule has 2 saturated heterocycles. The molecule has 31 heavy (non-hydrogen) atoms. The molecule has 2 rings (SSSR count). The van der Waals surface area contributed by atoms with Crippen molar-refractivity contribution >= 4 is 29.6 Å². The highest BCUT2D eigenvalue weighted by Gasteiger charge is 2.39. The number of hydrogen-bond acceptors (Lipinski definition) is 7. The van der Waals surface area contributed by atoms with Crippen LogP contribution in [0.25, 0.3) is 0 Å². The van der Waals surface area contributed by atoms with Gasteiger partial charge in [0.15, 0.2) is 6.10 Å². The number of carbonyl (C=O) groups is 5. The summed E-state index contributed by atoms with van der Waals surface area (Å²) in [6, 6.07) is -3.12. The van der Waals surface area contributed by atoms with E-state index in [1.807, 2.05) is 0 Å². The van der Waals surface area contributed by atoms with Crippen LogP contribution in [0, 0.1) is 0 Å². The van der Waals surface area contributed by atoms with E-state index in [2.05, 4.69) is 15.4 Å². The quantitative estimate of drug-likeness (QED) is 0.410. The van der Waals surface area contributed by atoms with Crippen molar-refractivity contribution in [1.82, 2.24) is 20.4 Å². The molecule has 2 aliphatic heterocycles. The van der Waals surface area contributed by atoms with Crippen molar-refractivity contribution in [3.05, 3.63) is 0 Å². The van der Waals surface area contributed by atoms with Crippen LogP contribution in [-0.4, -0.2) is 95.0 Å². The smallest absolute Gasteiger partial charge is 0.336 e. The summed E-state index contributed by atoms with van der Waals surface area (Å²) in [6.45, 7) is 5.29. The van der Waals surface area contributed by atoms with Crippen molar-refractivity contribution in [3.8, 4) is 0 Å². The zero-order valence-corrected chi connectivity index (χ0v) is 18.4. The van der Waals surface area contributed by atoms with Gasteiger partial charge in [-0.05, 0) is 39.5 Å². The van der Waals surface area contributed by atoms with Gasteiger partial charge >= 0.3 is 5.97 Å². The molecule has 2 aliphatic rings. The fourth-order valence-corrected chi connectivity index (χ4v) is 4.06. The molecule has 11 nitrogen and oxygen atoms in total. The molecule has 0 aromatic carbocycles. The maximum absolute atomic E-state index is 12.9. The lowest BCUT2D eigenvalue weighted by Crippen LogP contribution is -2.56. The summed E-state index contributed by atoms with van der Waals surface area (Å²) in [5.74, 6) is -2.33. The standard InChI is InChI=1S/C20H32N4O7/c1-11(16(26)20(30)31-4)21-18(28)15-8-6-10-24(15)19(29)12(2)22-17(27)14-7-5-9-23(14)13(3)25/h11-12,14-16,26H,5-10H2,1-4H3,(H,21,28)(H,22,27)/t11?,12-,14-,15-,16?/m0/s1. The van der Waals surface area contributed by atoms with Crippen molar-refractivity contribution in [1.29, 1.82) is 0 Å². The maximum atomic E-state index is 12.9. The highest BCUT2D eigenvalue weighted by molar-refractivity contribution is 5.94. The summed E-state index contributed by atoms with van der Waals surface area (Å²) < 4.78 is 4.46. The summed E-state index contributed by atoms with van der Waals surface area (Å²) in [4.78, 5) is 64.2. The lowest BCUT2D eigenvalue weighted by Gasteiger charge is -2.29. The minimum absolute atomic E-state index is 0.184. The number of aliphatic hydroxyl groups excluding tert-OH is 1. The Bertz CT molecular complexity index is 728. The van der Waals surface area contributed by atoms with E-state index in [1.54, 1.807) is 6.92 Å². The zero-order valence-electron chi connectivity index (χ0n) is 18.4. The van der Waals surface area contributed by atoms with Crippen LogP contribution in [0.4, 0.5) is 0 Å². The topological polar surface area (TPSA) is 145 Å². The SMILES string of the molecule is COC(=O)C(O)C(C)NC(=O)[C@@H]1CCCN1C(=O)[C@H](C)NC(=O)[C@@H]1CCCN1C(C)=O. The van der Waals surface area contributed by atoms with Gasteiger partial charge in [0, 0.05) is 20.0 Å². The Morgan fingerprint density at radius 2 is 1.45 bits per heavy atom. The number of ether oxygens (including phenoxy) is 1. The van der Waals surface area contributed by atoms with Crippen LogP contribution in [0.2, 0.25) is 0 Å². The van der Waals surface area contributed by atoms with Gasteiger partial charge in [-0.3, -0.25) is 19.2 Å². The number of nitrogens with one attached hydrogen (secondary N) is 2. The molecular formula is C20H32N4O7. The molecule has 2 heterocycles. The molecule has 11 heteroatoms. The lowest BCUT2D eigenvalue weighted by atomic mass is 10.1. The molecule has 0 spiro atoms. The van der Waals surface area contributed by atoms with Gasteiger partial charge in [0.1, 0.15) is 18.1 Å². The van der Waals surface area contributed by atoms with Crippen LogP contribution in [0.1, 0.15) is 46.5 Å². The Labute approximate surface area is 181 Å². The summed E-state index contributed by atoms with van der Waals surface area (Å²) in [5.41, 5.74) is 0. The van der Waals surface area contributed by atoms with Crippen LogP contribution in [-0.2, 0) is 28.7 Å². The first-order chi connectivity index (χ1) is 14.6. The van der Waals surface area contributed by atoms with Gasteiger partial charge in [-0.25, -0.2) is 4.79 Å². The molecule has 2 fully saturated rings. The Morgan fingerprint density at radius 1 is 0.935 bits per heavy atom. The van der Waals surface area contributed by atoms with E-state index in [0.29, 0.717) is 32.4 Å². The van der Waals surface area contributed by atoms with Gasteiger partial charge in [0.25, 0.3) is 0 Å². The highest BCUT2D eigenvalue weighted by atomic mass is 16.5. The molecule has 3 N–H and O–H groups in total. The molecular weight excluding hydrogens is 408 g/mol. The molecule has 4 amide bonds. The Kier molecular flexibility index (Phi) is 8.37. The highest BCUT2D eigenvalue weighted by Crippen LogP contribution is 2.20. The minimum atomic E-state index is -1.52. The fourth-order valence-electron chi connectivity index (χ4n) is 4.06. The van der Waals surface area contributed by atoms with Gasteiger partial charge in [0.05, 0.1) is 13.2 Å². The number of aliphatic hydroxyl groups is 1. The molecule has 174 valence electrons. The van der Waals surface area contributed by atoms with E-state index in [4.69, 9.17) is 0 Å². The second kappa shape index (κ2) is 10.6. The van der Waals surface area contributed by atoms with Crippen LogP contribution in [0.3, 0.4) is 0 Å². The van der Waals surface area contributed by atoms with Gasteiger partial charge in [-0.2, -0.15) is 0 Å². The van der Waals surface area contributed by atoms with Crippen LogP contribution >= 0.6 is 0 Å². The minimum Gasteiger partial charge on any atom is -0.467 e. The van der Waals surface area contributed by atoms with E-state index < -0.39 is 48.1 Å². The average molecular weight is 440 g/mol. The van der Waals surface area contributed by atoms with Crippen LogP contribution in [0.5, 0.6) is 0 Å². The third kappa shape index (κ3) is 5.72. The van der Waals surface area contributed by atoms with Crippen molar-refractivity contribution < 1.29 is 33.8 Å². The van der Waals surface area contributed by atoms with Crippen molar-refractivity contribution in [2.75, 3.05) is 20.2 Å². The monoisotopic (exact) mass is 440 g/mol. The van der Waals surface area contributed by atoms with Gasteiger partial charge in [-0.15, -0.1) is 0 Å². The van der Waals surface area contributed by atoms with E-state index in [-0.39, 0.29) is 11.8 Å². The number of methoxy groups -OCH3 is 1. The molecule has 0 aromatic rings. The number of hydrogen-bond donors (Lipinski definition) is 3. The molecule has 0 saturated carbocycles. The molecule has 0 radical (unpaired) electrons. The number of nitrogens with zero attached hydrogens (tertiary/aromatic N) is 2. The number of likely N-dealkylation sites (tertiary alicyclic amines) is 2. The third-order valence-electron chi connectivity index (χ3n) is 5.81. The molecule has 0 bridgehead atoms. The first-order valence-electron chi connectivity index (χ1n) is 10.5. The number of carbonyl (C=O) groups excluding carboxylic acids is 5. The number of amides is 4. The second-order valence-electron chi connectivity index (χ2n) is 8.06. The predicted molar refractivity (Wildman–Crippen MR) is 108 cm³/mol. The number of esters is 1. The first-order valence-corrected chi connectivity index (χ1v) is 10.5. The van der Waals surface area contributed by atoms with Crippen LogP contribution < -0.4 is 10.6 Å². The van der Waals surface area contributed by atoms with E-state index >= 15 is 0 Å². The van der Waals surface area contributed by atoms with E-state index in [0.717, 1.165) is 13.5 Å². The van der Waals surface area contributed by atoms with Gasteiger partial charge in [-0.1, -0.05) is 0 Å². The second-order valence-corrected chi connectivity index (χ2v) is 8.06. The van der Waals surface area contributed by atoms with Crippen molar-refractivity contribution in [2.24, 2.45) is 0 Å². The molecule has 5 atom stereocenters. The summed E-state index contributed by atoms with van der Waals surface area (Å²) in [5, 5.41) is 15.1. The largest absolute Gasteiger partial charge is 0.467 e. The van der Waals surface area contributed by atoms with Crippen molar-refractivity contribution in [2.45, 2.75) is 76.7 Å². The summed E-state index contributed by atoms with van der Waals surface area (Å²) >= 11 is 0. The van der Waals surface area contributed by atoms with E-state index in [9.17, 15) is 29.1 Å². The first kappa shape index (κ1) is 24.6. The Morgan fingerprint density at radius 3 is 2.00 bits per heavy atom. The predicted octanol–water partition coefficient (Wildman–Crippen LogP) is -1.47.